The number of nitrogens with zero attached hydrogens (tertiary/aromatic N) is 4. The Morgan fingerprint density at radius 3 is 2.95 bits per heavy atom. The van der Waals surface area contributed by atoms with Gasteiger partial charge in [-0.05, 0) is 12.1 Å². The number of fused-ring (bicyclic) bond motifs is 1. The molecule has 0 aliphatic rings. The molecule has 0 radical (unpaired) electrons. The molecule has 2 rings (SSSR count). The van der Waals surface area contributed by atoms with Gasteiger partial charge in [0.1, 0.15) is 6.54 Å². The van der Waals surface area contributed by atoms with E-state index in [0.717, 1.165) is 0 Å². The van der Waals surface area contributed by atoms with Crippen LogP contribution in [0.4, 0.5) is 0 Å². The van der Waals surface area contributed by atoms with E-state index in [1.165, 1.54) is 15.8 Å². The molecule has 0 saturated heterocycles. The van der Waals surface area contributed by atoms with E-state index in [0.29, 0.717) is 23.9 Å². The summed E-state index contributed by atoms with van der Waals surface area (Å²) in [5, 5.41) is 13.1. The van der Waals surface area contributed by atoms with Crippen LogP contribution in [0.25, 0.3) is 10.9 Å². The highest BCUT2D eigenvalue weighted by molar-refractivity contribution is 5.81. The largest absolute Gasteiger partial charge is 0.343 e. The minimum Gasteiger partial charge on any atom is -0.343 e. The Bertz CT molecular complexity index is 730. The van der Waals surface area contributed by atoms with Gasteiger partial charge in [0, 0.05) is 19.0 Å². The lowest BCUT2D eigenvalue weighted by molar-refractivity contribution is -0.130. The molecule has 2 aromatic rings. The molecule has 0 atom stereocenters. The molecule has 0 aliphatic carbocycles. The quantitative estimate of drug-likeness (QED) is 0.822. The predicted octanol–water partition coefficient (Wildman–Crippen LogP) is 0.769. The third-order valence-corrected chi connectivity index (χ3v) is 3.03. The highest BCUT2D eigenvalue weighted by Gasteiger charge is 2.11. The topological polar surface area (TPSA) is 79.0 Å². The van der Waals surface area contributed by atoms with Crippen LogP contribution in [-0.2, 0) is 11.3 Å². The van der Waals surface area contributed by atoms with Crippen LogP contribution in [0.2, 0.25) is 0 Å². The van der Waals surface area contributed by atoms with Gasteiger partial charge in [0.05, 0.1) is 24.2 Å². The van der Waals surface area contributed by atoms with Crippen molar-refractivity contribution in [2.24, 2.45) is 0 Å². The lowest BCUT2D eigenvalue weighted by Crippen LogP contribution is -2.32. The molecule has 0 unspecified atom stereocenters. The van der Waals surface area contributed by atoms with Crippen LogP contribution >= 0.6 is 0 Å². The van der Waals surface area contributed by atoms with Gasteiger partial charge in [-0.2, -0.15) is 10.4 Å². The second-order valence-electron chi connectivity index (χ2n) is 4.41. The smallest absolute Gasteiger partial charge is 0.244 e. The summed E-state index contributed by atoms with van der Waals surface area (Å²) >= 11 is 0. The van der Waals surface area contributed by atoms with Gasteiger partial charge in [-0.3, -0.25) is 14.3 Å². The normalized spacial score (nSPS) is 10.2. The van der Waals surface area contributed by atoms with Crippen LogP contribution in [0.5, 0.6) is 0 Å². The van der Waals surface area contributed by atoms with Gasteiger partial charge in [0.25, 0.3) is 0 Å². The van der Waals surface area contributed by atoms with Crippen LogP contribution in [-0.4, -0.2) is 34.2 Å². The number of carbonyl (C=O) groups is 1. The number of hydrogen-bond acceptors (Lipinski definition) is 4. The summed E-state index contributed by atoms with van der Waals surface area (Å²) < 4.78 is 1.50. The molecule has 20 heavy (non-hydrogen) atoms. The Morgan fingerprint density at radius 1 is 1.45 bits per heavy atom. The second-order valence-corrected chi connectivity index (χ2v) is 4.41. The summed E-state index contributed by atoms with van der Waals surface area (Å²) in [7, 11) is 1.64. The molecule has 1 aromatic heterocycles. The Labute approximate surface area is 115 Å². The Hall–Kier alpha value is -2.68. The number of para-hydroxylation sites is 1. The number of nitriles is 1. The first-order chi connectivity index (χ1) is 9.63. The molecule has 6 nitrogen and oxygen atoms in total. The molecule has 102 valence electrons. The third-order valence-electron chi connectivity index (χ3n) is 3.03. The monoisotopic (exact) mass is 270 g/mol. The van der Waals surface area contributed by atoms with E-state index < -0.39 is 0 Å². The molecular formula is C14H14N4O2. The molecule has 0 aliphatic heterocycles. The first kappa shape index (κ1) is 13.7. The molecule has 1 amide bonds. The zero-order valence-electron chi connectivity index (χ0n) is 11.1. The van der Waals surface area contributed by atoms with Crippen molar-refractivity contribution in [1.82, 2.24) is 14.7 Å². The van der Waals surface area contributed by atoms with E-state index >= 15 is 0 Å². The Kier molecular flexibility index (Phi) is 4.11. The first-order valence-corrected chi connectivity index (χ1v) is 6.19. The van der Waals surface area contributed by atoms with E-state index in [2.05, 4.69) is 5.10 Å². The van der Waals surface area contributed by atoms with E-state index in [-0.39, 0.29) is 17.9 Å². The van der Waals surface area contributed by atoms with Crippen molar-refractivity contribution in [3.8, 4) is 6.07 Å². The highest BCUT2D eigenvalue weighted by atomic mass is 16.2. The summed E-state index contributed by atoms with van der Waals surface area (Å²) in [6.07, 6.45) is 1.51. The Morgan fingerprint density at radius 2 is 2.20 bits per heavy atom. The standard InChI is InChI=1S/C14H14N4O2/c1-17(8-4-7-15)14(20)10-18-12-6-3-2-5-11(12)13(19)9-16-18/h2-3,5-6,9H,4,8,10H2,1H3. The average Bonchev–Trinajstić information content (AvgIpc) is 2.47. The highest BCUT2D eigenvalue weighted by Crippen LogP contribution is 2.08. The molecule has 0 bridgehead atoms. The summed E-state index contributed by atoms with van der Waals surface area (Å²) in [6, 6.07) is 9.03. The molecule has 1 heterocycles. The minimum absolute atomic E-state index is 0.0444. The van der Waals surface area contributed by atoms with Crippen molar-refractivity contribution in [1.29, 1.82) is 5.26 Å². The molecule has 0 N–H and O–H groups in total. The molecular weight excluding hydrogens is 256 g/mol. The number of rotatable bonds is 4. The van der Waals surface area contributed by atoms with Crippen molar-refractivity contribution in [3.63, 3.8) is 0 Å². The number of carbonyl (C=O) groups excluding carboxylic acids is 1. The van der Waals surface area contributed by atoms with Gasteiger partial charge in [-0.25, -0.2) is 0 Å². The van der Waals surface area contributed by atoms with Gasteiger partial charge in [0.15, 0.2) is 0 Å². The fourth-order valence-corrected chi connectivity index (χ4v) is 1.88. The molecule has 6 heteroatoms. The van der Waals surface area contributed by atoms with Crippen LogP contribution in [0, 0.1) is 11.3 Å². The predicted molar refractivity (Wildman–Crippen MR) is 73.9 cm³/mol. The zero-order chi connectivity index (χ0) is 14.5. The van der Waals surface area contributed by atoms with Crippen molar-refractivity contribution >= 4 is 16.8 Å². The van der Waals surface area contributed by atoms with Crippen molar-refractivity contribution in [2.45, 2.75) is 13.0 Å². The number of likely N-dealkylation sites (N-methyl/N-ethyl adjacent to an activating group) is 1. The van der Waals surface area contributed by atoms with Crippen LogP contribution in [0.15, 0.2) is 35.3 Å². The third kappa shape index (κ3) is 2.83. The van der Waals surface area contributed by atoms with Crippen molar-refractivity contribution < 1.29 is 4.79 Å². The molecule has 1 aromatic carbocycles. The summed E-state index contributed by atoms with van der Waals surface area (Å²) in [4.78, 5) is 25.2. The van der Waals surface area contributed by atoms with Crippen molar-refractivity contribution in [3.05, 3.63) is 40.7 Å². The number of hydrogen-bond donors (Lipinski definition) is 0. The lowest BCUT2D eigenvalue weighted by atomic mass is 10.2. The first-order valence-electron chi connectivity index (χ1n) is 6.19. The summed E-state index contributed by atoms with van der Waals surface area (Å²) in [5.41, 5.74) is 0.462. The number of benzene rings is 1. The maximum absolute atomic E-state index is 12.0. The van der Waals surface area contributed by atoms with E-state index in [4.69, 9.17) is 5.26 Å². The van der Waals surface area contributed by atoms with Gasteiger partial charge >= 0.3 is 0 Å². The van der Waals surface area contributed by atoms with E-state index in [1.807, 2.05) is 6.07 Å². The van der Waals surface area contributed by atoms with Gasteiger partial charge < -0.3 is 4.90 Å². The van der Waals surface area contributed by atoms with Crippen molar-refractivity contribution in [2.75, 3.05) is 13.6 Å². The number of amides is 1. The summed E-state index contributed by atoms with van der Waals surface area (Å²) in [6.45, 7) is 0.427. The SMILES string of the molecule is CN(CCC#N)C(=O)Cn1ncc(=O)c2ccccc21. The molecule has 0 fully saturated rings. The zero-order valence-corrected chi connectivity index (χ0v) is 11.1. The van der Waals surface area contributed by atoms with E-state index in [1.54, 1.807) is 31.3 Å². The summed E-state index contributed by atoms with van der Waals surface area (Å²) in [5.74, 6) is -0.151. The average molecular weight is 270 g/mol. The van der Waals surface area contributed by atoms with Gasteiger partial charge in [0.2, 0.25) is 11.3 Å². The maximum Gasteiger partial charge on any atom is 0.244 e. The molecule has 0 saturated carbocycles. The van der Waals surface area contributed by atoms with Crippen LogP contribution in [0.3, 0.4) is 0 Å². The van der Waals surface area contributed by atoms with E-state index in [9.17, 15) is 9.59 Å². The van der Waals surface area contributed by atoms with Gasteiger partial charge in [-0.1, -0.05) is 12.1 Å². The minimum atomic E-state index is -0.165. The Balaban J connectivity index is 2.27. The maximum atomic E-state index is 12.0. The van der Waals surface area contributed by atoms with Crippen LogP contribution in [0.1, 0.15) is 6.42 Å². The van der Waals surface area contributed by atoms with Crippen LogP contribution < -0.4 is 5.43 Å². The fraction of sp³-hybridized carbons (Fsp3) is 0.286. The van der Waals surface area contributed by atoms with Gasteiger partial charge in [-0.15, -0.1) is 0 Å². The second kappa shape index (κ2) is 5.97. The molecule has 0 spiro atoms. The fourth-order valence-electron chi connectivity index (χ4n) is 1.88. The number of aromatic nitrogens is 2. The lowest BCUT2D eigenvalue weighted by Gasteiger charge is -2.16.